The van der Waals surface area contributed by atoms with Crippen LogP contribution >= 0.6 is 11.8 Å². The van der Waals surface area contributed by atoms with Gasteiger partial charge in [-0.25, -0.2) is 4.79 Å². The second-order valence-corrected chi connectivity index (χ2v) is 6.50. The van der Waals surface area contributed by atoms with E-state index in [1.807, 2.05) is 31.2 Å². The summed E-state index contributed by atoms with van der Waals surface area (Å²) in [6.45, 7) is 2.47. The number of ether oxygens (including phenoxy) is 2. The third-order valence-electron chi connectivity index (χ3n) is 3.54. The molecule has 0 spiro atoms. The van der Waals surface area contributed by atoms with Crippen molar-refractivity contribution >= 4 is 17.7 Å². The summed E-state index contributed by atoms with van der Waals surface area (Å²) in [4.78, 5) is 11.5. The van der Waals surface area contributed by atoms with Gasteiger partial charge in [0.05, 0.1) is 19.3 Å². The first-order valence-electron chi connectivity index (χ1n) is 8.00. The maximum absolute atomic E-state index is 11.5. The first-order chi connectivity index (χ1) is 12.7. The Morgan fingerprint density at radius 2 is 1.96 bits per heavy atom. The van der Waals surface area contributed by atoms with Crippen LogP contribution in [0.2, 0.25) is 0 Å². The Bertz CT molecular complexity index is 877. The van der Waals surface area contributed by atoms with E-state index in [4.69, 9.17) is 13.9 Å². The molecule has 134 valence electrons. The molecule has 0 unspecified atom stereocenters. The maximum Gasteiger partial charge on any atom is 0.337 e. The monoisotopic (exact) mass is 370 g/mol. The highest BCUT2D eigenvalue weighted by molar-refractivity contribution is 7.99. The summed E-state index contributed by atoms with van der Waals surface area (Å²) >= 11 is 1.42. The predicted molar refractivity (Wildman–Crippen MR) is 98.5 cm³/mol. The van der Waals surface area contributed by atoms with E-state index in [2.05, 4.69) is 10.2 Å². The lowest BCUT2D eigenvalue weighted by atomic mass is 10.1. The molecule has 1 aromatic heterocycles. The zero-order valence-electron chi connectivity index (χ0n) is 14.5. The van der Waals surface area contributed by atoms with Gasteiger partial charge in [-0.1, -0.05) is 35.5 Å². The molecular formula is C19H18N2O4S. The van der Waals surface area contributed by atoms with Gasteiger partial charge in [0, 0.05) is 11.3 Å². The molecule has 6 nitrogen and oxygen atoms in total. The number of esters is 1. The highest BCUT2D eigenvalue weighted by Crippen LogP contribution is 2.23. The van der Waals surface area contributed by atoms with Crippen LogP contribution in [0.15, 0.2) is 58.2 Å². The van der Waals surface area contributed by atoms with Gasteiger partial charge in [-0.2, -0.15) is 0 Å². The number of hydrogen-bond donors (Lipinski definition) is 0. The summed E-state index contributed by atoms with van der Waals surface area (Å²) in [5, 5.41) is 8.59. The Hall–Kier alpha value is -2.80. The van der Waals surface area contributed by atoms with Gasteiger partial charge in [0.25, 0.3) is 5.22 Å². The molecule has 0 fully saturated rings. The number of carbonyl (C=O) groups is 1. The average molecular weight is 370 g/mol. The minimum absolute atomic E-state index is 0.390. The molecule has 3 aromatic rings. The molecule has 26 heavy (non-hydrogen) atoms. The van der Waals surface area contributed by atoms with Crippen molar-refractivity contribution < 1.29 is 18.7 Å². The van der Waals surface area contributed by atoms with Crippen LogP contribution in [0.25, 0.3) is 11.5 Å². The zero-order chi connectivity index (χ0) is 18.4. The van der Waals surface area contributed by atoms with Crippen molar-refractivity contribution in [1.29, 1.82) is 0 Å². The fourth-order valence-corrected chi connectivity index (χ4v) is 2.78. The highest BCUT2D eigenvalue weighted by atomic mass is 32.2. The Balaban J connectivity index is 1.50. The summed E-state index contributed by atoms with van der Waals surface area (Å²) in [7, 11) is 1.35. The lowest BCUT2D eigenvalue weighted by molar-refractivity contribution is 0.0600. The molecular weight excluding hydrogens is 352 g/mol. The van der Waals surface area contributed by atoms with Gasteiger partial charge < -0.3 is 13.9 Å². The second kappa shape index (κ2) is 8.53. The molecule has 0 saturated carbocycles. The van der Waals surface area contributed by atoms with Crippen molar-refractivity contribution in [2.24, 2.45) is 0 Å². The van der Waals surface area contributed by atoms with E-state index in [0.29, 0.717) is 34.8 Å². The number of thioether (sulfide) groups is 1. The third-order valence-corrected chi connectivity index (χ3v) is 4.32. The number of methoxy groups -OCH3 is 1. The Morgan fingerprint density at radius 3 is 2.73 bits per heavy atom. The van der Waals surface area contributed by atoms with Crippen LogP contribution in [0.4, 0.5) is 0 Å². The van der Waals surface area contributed by atoms with E-state index < -0.39 is 0 Å². The highest BCUT2D eigenvalue weighted by Gasteiger charge is 2.09. The smallest absolute Gasteiger partial charge is 0.337 e. The standard InChI is InChI=1S/C19H18N2O4S/c1-13-6-8-14(9-7-13)17-20-21-19(25-17)26-11-10-24-16-5-3-4-15(12-16)18(22)23-2/h3-9,12H,10-11H2,1-2H3. The fraction of sp³-hybridized carbons (Fsp3) is 0.211. The first-order valence-corrected chi connectivity index (χ1v) is 8.99. The summed E-state index contributed by atoms with van der Waals surface area (Å²) in [6.07, 6.45) is 0. The van der Waals surface area contributed by atoms with E-state index in [9.17, 15) is 4.79 Å². The lowest BCUT2D eigenvalue weighted by Crippen LogP contribution is -2.03. The number of aromatic nitrogens is 2. The van der Waals surface area contributed by atoms with Crippen LogP contribution in [0.5, 0.6) is 5.75 Å². The SMILES string of the molecule is COC(=O)c1cccc(OCCSc2nnc(-c3ccc(C)cc3)o2)c1. The largest absolute Gasteiger partial charge is 0.493 e. The number of rotatable bonds is 7. The molecule has 0 atom stereocenters. The molecule has 7 heteroatoms. The Kier molecular flexibility index (Phi) is 5.91. The van der Waals surface area contributed by atoms with Gasteiger partial charge in [0.1, 0.15) is 5.75 Å². The molecule has 0 radical (unpaired) electrons. The van der Waals surface area contributed by atoms with Crippen LogP contribution < -0.4 is 4.74 Å². The van der Waals surface area contributed by atoms with E-state index in [-0.39, 0.29) is 5.97 Å². The molecule has 0 aliphatic carbocycles. The normalized spacial score (nSPS) is 10.5. The van der Waals surface area contributed by atoms with Crippen molar-refractivity contribution in [3.8, 4) is 17.2 Å². The molecule has 0 N–H and O–H groups in total. The molecule has 0 aliphatic rings. The fourth-order valence-electron chi connectivity index (χ4n) is 2.20. The molecule has 0 saturated heterocycles. The number of aryl methyl sites for hydroxylation is 1. The van der Waals surface area contributed by atoms with Gasteiger partial charge in [-0.05, 0) is 37.3 Å². The van der Waals surface area contributed by atoms with Crippen LogP contribution in [-0.2, 0) is 4.74 Å². The average Bonchev–Trinajstić information content (AvgIpc) is 3.14. The topological polar surface area (TPSA) is 74.5 Å². The van der Waals surface area contributed by atoms with Crippen molar-refractivity contribution in [3.63, 3.8) is 0 Å². The van der Waals surface area contributed by atoms with Crippen LogP contribution in [0.1, 0.15) is 15.9 Å². The molecule has 1 heterocycles. The van der Waals surface area contributed by atoms with E-state index >= 15 is 0 Å². The lowest BCUT2D eigenvalue weighted by Gasteiger charge is -2.06. The Labute approximate surface area is 155 Å². The van der Waals surface area contributed by atoms with Crippen LogP contribution in [0.3, 0.4) is 0 Å². The number of carbonyl (C=O) groups excluding carboxylic acids is 1. The van der Waals surface area contributed by atoms with Gasteiger partial charge in [-0.15, -0.1) is 10.2 Å². The van der Waals surface area contributed by atoms with Crippen molar-refractivity contribution in [2.75, 3.05) is 19.5 Å². The quantitative estimate of drug-likeness (QED) is 0.353. The van der Waals surface area contributed by atoms with E-state index in [0.717, 1.165) is 5.56 Å². The summed E-state index contributed by atoms with van der Waals surface area (Å²) in [6, 6.07) is 14.8. The van der Waals surface area contributed by atoms with Crippen molar-refractivity contribution in [3.05, 3.63) is 59.7 Å². The summed E-state index contributed by atoms with van der Waals surface area (Å²) in [5.41, 5.74) is 2.53. The van der Waals surface area contributed by atoms with Crippen molar-refractivity contribution in [1.82, 2.24) is 10.2 Å². The summed E-state index contributed by atoms with van der Waals surface area (Å²) < 4.78 is 16.0. The van der Waals surface area contributed by atoms with E-state index in [1.54, 1.807) is 24.3 Å². The minimum atomic E-state index is -0.390. The van der Waals surface area contributed by atoms with Crippen LogP contribution in [0, 0.1) is 6.92 Å². The number of benzene rings is 2. The number of nitrogens with zero attached hydrogens (tertiary/aromatic N) is 2. The minimum Gasteiger partial charge on any atom is -0.493 e. The molecule has 0 aliphatic heterocycles. The predicted octanol–water partition coefficient (Wildman–Crippen LogP) is 4.00. The zero-order valence-corrected chi connectivity index (χ0v) is 15.3. The van der Waals surface area contributed by atoms with Gasteiger partial charge in [0.2, 0.25) is 5.89 Å². The molecule has 0 bridgehead atoms. The summed E-state index contributed by atoms with van der Waals surface area (Å²) in [5.74, 6) is 1.36. The maximum atomic E-state index is 11.5. The third kappa shape index (κ3) is 4.64. The van der Waals surface area contributed by atoms with Gasteiger partial charge in [0.15, 0.2) is 0 Å². The first kappa shape index (κ1) is 18.0. The van der Waals surface area contributed by atoms with Crippen molar-refractivity contribution in [2.45, 2.75) is 12.1 Å². The van der Waals surface area contributed by atoms with E-state index in [1.165, 1.54) is 24.4 Å². The number of hydrogen-bond acceptors (Lipinski definition) is 7. The van der Waals surface area contributed by atoms with Gasteiger partial charge >= 0.3 is 5.97 Å². The Morgan fingerprint density at radius 1 is 1.15 bits per heavy atom. The second-order valence-electron chi connectivity index (χ2n) is 5.46. The molecule has 2 aromatic carbocycles. The van der Waals surface area contributed by atoms with Crippen LogP contribution in [-0.4, -0.2) is 35.6 Å². The van der Waals surface area contributed by atoms with Gasteiger partial charge in [-0.3, -0.25) is 0 Å². The molecule has 3 rings (SSSR count). The molecule has 0 amide bonds.